The molecule has 1 N–H and O–H groups in total. The molecule has 0 fully saturated rings. The van der Waals surface area contributed by atoms with Crippen molar-refractivity contribution in [3.05, 3.63) is 72.3 Å². The number of amides is 2. The van der Waals surface area contributed by atoms with Crippen molar-refractivity contribution < 1.29 is 19.1 Å². The average molecular weight is 463 g/mol. The lowest BCUT2D eigenvalue weighted by Gasteiger charge is -2.34. The Hall–Kier alpha value is -3.81. The van der Waals surface area contributed by atoms with Crippen LogP contribution in [0.1, 0.15) is 42.9 Å². The highest BCUT2D eigenvalue weighted by Gasteiger charge is 2.34. The summed E-state index contributed by atoms with van der Waals surface area (Å²) in [5.41, 5.74) is 1.15. The molecule has 2 heterocycles. The lowest BCUT2D eigenvalue weighted by atomic mass is 10.1. The van der Waals surface area contributed by atoms with E-state index in [1.165, 1.54) is 0 Å². The van der Waals surface area contributed by atoms with Crippen molar-refractivity contribution in [1.82, 2.24) is 14.9 Å². The monoisotopic (exact) mass is 462 g/mol. The molecule has 3 aromatic rings. The molecule has 8 nitrogen and oxygen atoms in total. The van der Waals surface area contributed by atoms with E-state index in [9.17, 15) is 9.59 Å². The molecule has 0 bridgehead atoms. The number of aromatic nitrogens is 2. The van der Waals surface area contributed by atoms with E-state index in [4.69, 9.17) is 9.47 Å². The van der Waals surface area contributed by atoms with E-state index >= 15 is 0 Å². The van der Waals surface area contributed by atoms with E-state index in [0.717, 1.165) is 18.7 Å². The Labute approximate surface area is 199 Å². The van der Waals surface area contributed by atoms with E-state index in [-0.39, 0.29) is 24.4 Å². The third kappa shape index (κ3) is 5.06. The number of nitrogens with one attached hydrogen (secondary N) is 1. The lowest BCUT2D eigenvalue weighted by Crippen LogP contribution is -2.52. The Morgan fingerprint density at radius 2 is 1.88 bits per heavy atom. The molecule has 0 saturated carbocycles. The van der Waals surface area contributed by atoms with Crippen molar-refractivity contribution in [1.29, 1.82) is 0 Å². The number of carbonyl (C=O) groups excluding carboxylic acids is 2. The first-order valence-electron chi connectivity index (χ1n) is 11.6. The average Bonchev–Trinajstić information content (AvgIpc) is 3.29. The lowest BCUT2D eigenvalue weighted by molar-refractivity contribution is -0.128. The van der Waals surface area contributed by atoms with E-state index < -0.39 is 6.10 Å². The summed E-state index contributed by atoms with van der Waals surface area (Å²) in [6.07, 6.45) is 4.48. The minimum atomic E-state index is -0.778. The van der Waals surface area contributed by atoms with Crippen molar-refractivity contribution in [3.63, 3.8) is 0 Å². The molecule has 1 aliphatic heterocycles. The molecular weight excluding hydrogens is 432 g/mol. The predicted octanol–water partition coefficient (Wildman–Crippen LogP) is 3.71. The standard InChI is InChI=1S/C26H30N4O4/c1-4-19(5-2)28-25(31)23-16-30(21-8-6-7-9-22(21)34-23)26(32)18-10-12-20(13-11-18)33-17-24-27-14-15-29(24)3/h6-15,19,23H,4-5,16-17H2,1-3H3,(H,28,31). The van der Waals surface area contributed by atoms with E-state index in [1.807, 2.05) is 49.9 Å². The van der Waals surface area contributed by atoms with Gasteiger partial charge in [0, 0.05) is 31.0 Å². The zero-order valence-corrected chi connectivity index (χ0v) is 19.7. The smallest absolute Gasteiger partial charge is 0.263 e. The van der Waals surface area contributed by atoms with Gasteiger partial charge in [0.05, 0.1) is 12.2 Å². The van der Waals surface area contributed by atoms with E-state index in [0.29, 0.717) is 29.4 Å². The SMILES string of the molecule is CCC(CC)NC(=O)C1CN(C(=O)c2ccc(OCc3nccn3C)cc2)c2ccccc2O1. The van der Waals surface area contributed by atoms with Gasteiger partial charge in [-0.05, 0) is 49.2 Å². The number of nitrogens with zero attached hydrogens (tertiary/aromatic N) is 3. The Morgan fingerprint density at radius 3 is 2.56 bits per heavy atom. The summed E-state index contributed by atoms with van der Waals surface area (Å²) >= 11 is 0. The number of imidazole rings is 1. The van der Waals surface area contributed by atoms with Crippen LogP contribution in [-0.2, 0) is 18.4 Å². The fourth-order valence-electron chi connectivity index (χ4n) is 3.88. The molecule has 1 unspecified atom stereocenters. The topological polar surface area (TPSA) is 85.7 Å². The van der Waals surface area contributed by atoms with E-state index in [1.54, 1.807) is 41.4 Å². The molecule has 178 valence electrons. The van der Waals surface area contributed by atoms with Gasteiger partial charge in [-0.15, -0.1) is 0 Å². The quantitative estimate of drug-likeness (QED) is 0.552. The summed E-state index contributed by atoms with van der Waals surface area (Å²) < 4.78 is 13.6. The maximum absolute atomic E-state index is 13.5. The molecule has 34 heavy (non-hydrogen) atoms. The highest BCUT2D eigenvalue weighted by Crippen LogP contribution is 2.34. The molecule has 8 heteroatoms. The molecule has 1 atom stereocenters. The van der Waals surface area contributed by atoms with Crippen LogP contribution in [0.2, 0.25) is 0 Å². The second-order valence-corrected chi connectivity index (χ2v) is 8.28. The fraction of sp³-hybridized carbons (Fsp3) is 0.346. The number of hydrogen-bond donors (Lipinski definition) is 1. The van der Waals surface area contributed by atoms with Crippen LogP contribution in [0.5, 0.6) is 11.5 Å². The van der Waals surface area contributed by atoms with Crippen molar-refractivity contribution in [2.24, 2.45) is 7.05 Å². The molecular formula is C26H30N4O4. The molecule has 0 saturated heterocycles. The minimum absolute atomic E-state index is 0.0794. The maximum atomic E-state index is 13.5. The summed E-state index contributed by atoms with van der Waals surface area (Å²) in [6.45, 7) is 4.54. The van der Waals surface area contributed by atoms with Gasteiger partial charge in [0.25, 0.3) is 11.8 Å². The number of rotatable bonds is 8. The van der Waals surface area contributed by atoms with Crippen LogP contribution in [0.25, 0.3) is 0 Å². The number of carbonyl (C=O) groups is 2. The van der Waals surface area contributed by atoms with Crippen LogP contribution in [-0.4, -0.2) is 40.1 Å². The molecule has 2 aromatic carbocycles. The van der Waals surface area contributed by atoms with Crippen LogP contribution < -0.4 is 19.7 Å². The first-order valence-corrected chi connectivity index (χ1v) is 11.6. The van der Waals surface area contributed by atoms with Gasteiger partial charge in [-0.1, -0.05) is 26.0 Å². The number of fused-ring (bicyclic) bond motifs is 1. The van der Waals surface area contributed by atoms with Crippen molar-refractivity contribution in [2.45, 2.75) is 45.4 Å². The van der Waals surface area contributed by atoms with Gasteiger partial charge in [0.2, 0.25) is 0 Å². The molecule has 1 aliphatic rings. The largest absolute Gasteiger partial charge is 0.486 e. The Kier molecular flexibility index (Phi) is 7.15. The third-order valence-electron chi connectivity index (χ3n) is 6.03. The number of anilines is 1. The molecule has 0 spiro atoms. The first-order chi connectivity index (χ1) is 16.5. The molecule has 1 aromatic heterocycles. The second-order valence-electron chi connectivity index (χ2n) is 8.28. The maximum Gasteiger partial charge on any atom is 0.263 e. The predicted molar refractivity (Wildman–Crippen MR) is 129 cm³/mol. The number of aryl methyl sites for hydroxylation is 1. The first kappa shape index (κ1) is 23.4. The molecule has 4 rings (SSSR count). The van der Waals surface area contributed by atoms with Gasteiger partial charge in [-0.3, -0.25) is 9.59 Å². The zero-order valence-electron chi connectivity index (χ0n) is 19.7. The van der Waals surface area contributed by atoms with Gasteiger partial charge in [0.1, 0.15) is 23.9 Å². The summed E-state index contributed by atoms with van der Waals surface area (Å²) in [5, 5.41) is 3.03. The van der Waals surface area contributed by atoms with Gasteiger partial charge < -0.3 is 24.3 Å². The molecule has 0 radical (unpaired) electrons. The highest BCUT2D eigenvalue weighted by atomic mass is 16.5. The van der Waals surface area contributed by atoms with Crippen LogP contribution in [0.4, 0.5) is 5.69 Å². The van der Waals surface area contributed by atoms with Gasteiger partial charge in [-0.2, -0.15) is 0 Å². The number of para-hydroxylation sites is 2. The number of benzene rings is 2. The van der Waals surface area contributed by atoms with Crippen LogP contribution in [0.15, 0.2) is 60.9 Å². The zero-order chi connectivity index (χ0) is 24.1. The van der Waals surface area contributed by atoms with Gasteiger partial charge >= 0.3 is 0 Å². The molecule has 0 aliphatic carbocycles. The molecule has 2 amide bonds. The summed E-state index contributed by atoms with van der Waals surface area (Å²) in [4.78, 5) is 32.2. The van der Waals surface area contributed by atoms with Crippen molar-refractivity contribution in [3.8, 4) is 11.5 Å². The minimum Gasteiger partial charge on any atom is -0.486 e. The van der Waals surface area contributed by atoms with Crippen LogP contribution >= 0.6 is 0 Å². The normalized spacial score (nSPS) is 14.9. The van der Waals surface area contributed by atoms with Gasteiger partial charge in [-0.25, -0.2) is 4.98 Å². The summed E-state index contributed by atoms with van der Waals surface area (Å²) in [7, 11) is 1.91. The van der Waals surface area contributed by atoms with Gasteiger partial charge in [0.15, 0.2) is 6.10 Å². The third-order valence-corrected chi connectivity index (χ3v) is 6.03. The summed E-state index contributed by atoms with van der Waals surface area (Å²) in [6, 6.07) is 14.3. The Balaban J connectivity index is 1.49. The fourth-order valence-corrected chi connectivity index (χ4v) is 3.88. The van der Waals surface area contributed by atoms with Crippen LogP contribution in [0, 0.1) is 0 Å². The second kappa shape index (κ2) is 10.4. The van der Waals surface area contributed by atoms with Crippen molar-refractivity contribution >= 4 is 17.5 Å². The summed E-state index contributed by atoms with van der Waals surface area (Å²) in [5.74, 6) is 1.56. The Bertz CT molecular complexity index is 1140. The number of ether oxygens (including phenoxy) is 2. The van der Waals surface area contributed by atoms with Crippen molar-refractivity contribution in [2.75, 3.05) is 11.4 Å². The van der Waals surface area contributed by atoms with E-state index in [2.05, 4.69) is 10.3 Å². The Morgan fingerprint density at radius 1 is 1.15 bits per heavy atom. The van der Waals surface area contributed by atoms with Crippen LogP contribution in [0.3, 0.4) is 0 Å². The highest BCUT2D eigenvalue weighted by molar-refractivity contribution is 6.08. The number of hydrogen-bond acceptors (Lipinski definition) is 5.